The van der Waals surface area contributed by atoms with Crippen molar-refractivity contribution in [2.75, 3.05) is 16.0 Å². The Kier molecular flexibility index (Phi) is 6.94. The van der Waals surface area contributed by atoms with Crippen LogP contribution in [0.25, 0.3) is 22.5 Å². The van der Waals surface area contributed by atoms with Gasteiger partial charge in [-0.15, -0.1) is 21.5 Å². The summed E-state index contributed by atoms with van der Waals surface area (Å²) in [7, 11) is 0. The van der Waals surface area contributed by atoms with Gasteiger partial charge in [-0.3, -0.25) is 0 Å². The van der Waals surface area contributed by atoms with Crippen LogP contribution in [0.4, 0.5) is 22.3 Å². The molecule has 9 heteroatoms. The Bertz CT molecular complexity index is 1450. The number of nitrogens with one attached hydrogen (secondary N) is 3. The molecular weight excluding hydrogens is 496 g/mol. The summed E-state index contributed by atoms with van der Waals surface area (Å²) >= 11 is 13.3. The summed E-state index contributed by atoms with van der Waals surface area (Å²) in [5.74, 6) is 0.553. The molecule has 35 heavy (non-hydrogen) atoms. The maximum Gasteiger partial charge on any atom is 0.187 e. The van der Waals surface area contributed by atoms with Crippen LogP contribution in [-0.4, -0.2) is 20.3 Å². The van der Waals surface area contributed by atoms with Crippen molar-refractivity contribution in [1.82, 2.24) is 15.2 Å². The highest BCUT2D eigenvalue weighted by Crippen LogP contribution is 2.33. The van der Waals surface area contributed by atoms with Gasteiger partial charge in [0.15, 0.2) is 16.1 Å². The van der Waals surface area contributed by atoms with Crippen molar-refractivity contribution in [1.29, 1.82) is 0 Å². The third kappa shape index (κ3) is 5.63. The maximum atomic E-state index is 6.32. The minimum Gasteiger partial charge on any atom is -0.331 e. The molecular formula is C26H19ClN6S2. The Morgan fingerprint density at radius 3 is 2.26 bits per heavy atom. The van der Waals surface area contributed by atoms with E-state index in [2.05, 4.69) is 31.1 Å². The van der Waals surface area contributed by atoms with Gasteiger partial charge in [0.05, 0.1) is 22.8 Å². The lowest BCUT2D eigenvalue weighted by Crippen LogP contribution is -2.20. The molecule has 172 valence electrons. The van der Waals surface area contributed by atoms with E-state index in [-0.39, 0.29) is 0 Å². The van der Waals surface area contributed by atoms with E-state index in [1.807, 2.05) is 96.4 Å². The van der Waals surface area contributed by atoms with Crippen molar-refractivity contribution in [3.05, 3.63) is 101 Å². The molecule has 0 amide bonds. The van der Waals surface area contributed by atoms with Crippen LogP contribution in [0.3, 0.4) is 0 Å². The van der Waals surface area contributed by atoms with E-state index >= 15 is 0 Å². The quantitative estimate of drug-likeness (QED) is 0.203. The Morgan fingerprint density at radius 1 is 0.743 bits per heavy atom. The van der Waals surface area contributed by atoms with Crippen LogP contribution in [0.2, 0.25) is 5.02 Å². The van der Waals surface area contributed by atoms with Gasteiger partial charge in [0.2, 0.25) is 0 Å². The molecule has 0 fully saturated rings. The number of hydrogen-bond acceptors (Lipinski definition) is 6. The standard InChI is InChI=1S/C26H19ClN6S2/c27-19-11-5-4-10-18(19)23-16-35-26(30-23)29-22-13-7-6-12-21(22)28-25(34)31-24-15-14-20(32-33-24)17-8-2-1-3-9-17/h1-16H,(H,29,30)(H2,28,31,33,34). The summed E-state index contributed by atoms with van der Waals surface area (Å²) in [6, 6.07) is 29.1. The summed E-state index contributed by atoms with van der Waals surface area (Å²) in [6.07, 6.45) is 0. The van der Waals surface area contributed by atoms with E-state index in [4.69, 9.17) is 23.8 Å². The number of aromatic nitrogens is 3. The maximum absolute atomic E-state index is 6.32. The molecule has 0 saturated carbocycles. The number of thiocarbonyl (C=S) groups is 1. The summed E-state index contributed by atoms with van der Waals surface area (Å²) in [6.45, 7) is 0. The summed E-state index contributed by atoms with van der Waals surface area (Å²) in [5.41, 5.74) is 5.16. The highest BCUT2D eigenvalue weighted by Gasteiger charge is 2.11. The molecule has 0 unspecified atom stereocenters. The van der Waals surface area contributed by atoms with E-state index < -0.39 is 0 Å². The summed E-state index contributed by atoms with van der Waals surface area (Å²) in [4.78, 5) is 4.69. The Balaban J connectivity index is 1.26. The molecule has 3 N–H and O–H groups in total. The van der Waals surface area contributed by atoms with E-state index in [0.717, 1.165) is 39.0 Å². The first-order valence-corrected chi connectivity index (χ1v) is 12.4. The fourth-order valence-corrected chi connectivity index (χ4v) is 4.54. The van der Waals surface area contributed by atoms with Crippen molar-refractivity contribution in [3.8, 4) is 22.5 Å². The highest BCUT2D eigenvalue weighted by atomic mass is 35.5. The van der Waals surface area contributed by atoms with Crippen LogP contribution in [0.5, 0.6) is 0 Å². The van der Waals surface area contributed by atoms with Crippen LogP contribution >= 0.6 is 35.2 Å². The minimum atomic E-state index is 0.400. The summed E-state index contributed by atoms with van der Waals surface area (Å²) < 4.78 is 0. The molecule has 0 aliphatic carbocycles. The second-order valence-electron chi connectivity index (χ2n) is 7.44. The van der Waals surface area contributed by atoms with Gasteiger partial charge < -0.3 is 16.0 Å². The van der Waals surface area contributed by atoms with Gasteiger partial charge in [-0.25, -0.2) is 4.98 Å². The smallest absolute Gasteiger partial charge is 0.187 e. The predicted octanol–water partition coefficient (Wildman–Crippen LogP) is 7.47. The van der Waals surface area contributed by atoms with Crippen LogP contribution < -0.4 is 16.0 Å². The van der Waals surface area contributed by atoms with Crippen LogP contribution in [0.15, 0.2) is 96.4 Å². The molecule has 2 heterocycles. The number of rotatable bonds is 6. The Labute approximate surface area is 217 Å². The molecule has 0 aliphatic rings. The molecule has 0 radical (unpaired) electrons. The van der Waals surface area contributed by atoms with Gasteiger partial charge in [-0.2, -0.15) is 0 Å². The Morgan fingerprint density at radius 2 is 1.49 bits per heavy atom. The molecule has 0 aliphatic heterocycles. The zero-order valence-corrected chi connectivity index (χ0v) is 20.7. The molecule has 5 rings (SSSR count). The topological polar surface area (TPSA) is 74.8 Å². The number of benzene rings is 3. The highest BCUT2D eigenvalue weighted by molar-refractivity contribution is 7.80. The molecule has 0 spiro atoms. The van der Waals surface area contributed by atoms with Gasteiger partial charge in [-0.05, 0) is 42.5 Å². The molecule has 5 aromatic rings. The SMILES string of the molecule is S=C(Nc1ccc(-c2ccccc2)nn1)Nc1ccccc1Nc1nc(-c2ccccc2Cl)cs1. The summed E-state index contributed by atoms with van der Waals surface area (Å²) in [5, 5.41) is 22.0. The lowest BCUT2D eigenvalue weighted by atomic mass is 10.1. The first kappa shape index (κ1) is 22.9. The number of anilines is 4. The van der Waals surface area contributed by atoms with Crippen molar-refractivity contribution < 1.29 is 0 Å². The molecule has 3 aromatic carbocycles. The largest absolute Gasteiger partial charge is 0.331 e. The van der Waals surface area contributed by atoms with Crippen LogP contribution in [-0.2, 0) is 0 Å². The molecule has 0 atom stereocenters. The average molecular weight is 515 g/mol. The molecule has 0 bridgehead atoms. The third-order valence-corrected chi connectivity index (χ3v) is 6.34. The van der Waals surface area contributed by atoms with Gasteiger partial charge >= 0.3 is 0 Å². The first-order valence-electron chi connectivity index (χ1n) is 10.7. The van der Waals surface area contributed by atoms with Crippen molar-refractivity contribution in [2.45, 2.75) is 0 Å². The van der Waals surface area contributed by atoms with Crippen molar-refractivity contribution in [2.24, 2.45) is 0 Å². The number of nitrogens with zero attached hydrogens (tertiary/aromatic N) is 3. The van der Waals surface area contributed by atoms with Crippen LogP contribution in [0, 0.1) is 0 Å². The lowest BCUT2D eigenvalue weighted by molar-refractivity contribution is 1.05. The van der Waals surface area contributed by atoms with Crippen LogP contribution in [0.1, 0.15) is 0 Å². The predicted molar refractivity (Wildman–Crippen MR) is 150 cm³/mol. The lowest BCUT2D eigenvalue weighted by Gasteiger charge is -2.14. The Hall–Kier alpha value is -3.85. The fraction of sp³-hybridized carbons (Fsp3) is 0. The number of hydrogen-bond donors (Lipinski definition) is 3. The number of halogens is 1. The van der Waals surface area contributed by atoms with Crippen molar-refractivity contribution >= 4 is 62.6 Å². The minimum absolute atomic E-state index is 0.400. The second kappa shape index (κ2) is 10.6. The zero-order valence-electron chi connectivity index (χ0n) is 18.3. The monoisotopic (exact) mass is 514 g/mol. The average Bonchev–Trinajstić information content (AvgIpc) is 3.35. The number of thiazole rings is 1. The van der Waals surface area contributed by atoms with Gasteiger partial charge in [0, 0.05) is 21.5 Å². The van der Waals surface area contributed by atoms with Crippen molar-refractivity contribution in [3.63, 3.8) is 0 Å². The first-order chi connectivity index (χ1) is 17.2. The van der Waals surface area contributed by atoms with E-state index in [0.29, 0.717) is 16.0 Å². The zero-order chi connectivity index (χ0) is 24.0. The van der Waals surface area contributed by atoms with E-state index in [9.17, 15) is 0 Å². The second-order valence-corrected chi connectivity index (χ2v) is 9.11. The van der Waals surface area contributed by atoms with E-state index in [1.54, 1.807) is 0 Å². The molecule has 6 nitrogen and oxygen atoms in total. The third-order valence-electron chi connectivity index (χ3n) is 5.05. The van der Waals surface area contributed by atoms with E-state index in [1.165, 1.54) is 11.3 Å². The molecule has 2 aromatic heterocycles. The van der Waals surface area contributed by atoms with Gasteiger partial charge in [0.1, 0.15) is 0 Å². The molecule has 0 saturated heterocycles. The number of para-hydroxylation sites is 2. The normalized spacial score (nSPS) is 10.5. The fourth-order valence-electron chi connectivity index (χ4n) is 3.37. The van der Waals surface area contributed by atoms with Gasteiger partial charge in [-0.1, -0.05) is 72.3 Å². The van der Waals surface area contributed by atoms with Gasteiger partial charge in [0.25, 0.3) is 0 Å².